The van der Waals surface area contributed by atoms with Gasteiger partial charge in [0.05, 0.1) is 22.8 Å². The summed E-state index contributed by atoms with van der Waals surface area (Å²) in [5.74, 6) is 0.689. The van der Waals surface area contributed by atoms with Crippen LogP contribution in [0, 0.1) is 13.8 Å². The Morgan fingerprint density at radius 2 is 2.04 bits per heavy atom. The summed E-state index contributed by atoms with van der Waals surface area (Å²) >= 11 is 0. The molecule has 1 N–H and O–H groups in total. The van der Waals surface area contributed by atoms with Gasteiger partial charge >= 0.3 is 0 Å². The maximum Gasteiger partial charge on any atom is 0.253 e. The SMILES string of the molecule is Cc1ncc2c(n1)CCC[C@@H]2NC(=O)c1cc2ccccc2nc1C. The van der Waals surface area contributed by atoms with Crippen molar-refractivity contribution in [2.45, 2.75) is 39.2 Å². The van der Waals surface area contributed by atoms with Gasteiger partial charge in [-0.05, 0) is 45.2 Å². The first-order valence-electron chi connectivity index (χ1n) is 8.61. The Morgan fingerprint density at radius 3 is 2.92 bits per heavy atom. The van der Waals surface area contributed by atoms with E-state index in [1.807, 2.05) is 50.4 Å². The molecule has 0 aliphatic heterocycles. The van der Waals surface area contributed by atoms with Gasteiger partial charge < -0.3 is 5.32 Å². The second-order valence-electron chi connectivity index (χ2n) is 6.55. The Labute approximate surface area is 146 Å². The van der Waals surface area contributed by atoms with Gasteiger partial charge in [0.2, 0.25) is 0 Å². The zero-order valence-electron chi connectivity index (χ0n) is 14.4. The Hall–Kier alpha value is -2.82. The number of rotatable bonds is 2. The molecule has 1 aliphatic carbocycles. The van der Waals surface area contributed by atoms with Gasteiger partial charge in [0.15, 0.2) is 0 Å². The molecule has 0 spiro atoms. The third-order valence-corrected chi connectivity index (χ3v) is 4.77. The van der Waals surface area contributed by atoms with Crippen LogP contribution in [0.15, 0.2) is 36.5 Å². The third-order valence-electron chi connectivity index (χ3n) is 4.77. The molecule has 2 heterocycles. The zero-order valence-corrected chi connectivity index (χ0v) is 14.4. The summed E-state index contributed by atoms with van der Waals surface area (Å²) in [6.45, 7) is 3.77. The number of nitrogens with one attached hydrogen (secondary N) is 1. The number of aromatic nitrogens is 3. The lowest BCUT2D eigenvalue weighted by Crippen LogP contribution is -2.32. The van der Waals surface area contributed by atoms with Gasteiger partial charge in [-0.1, -0.05) is 18.2 Å². The van der Waals surface area contributed by atoms with Crippen molar-refractivity contribution in [2.24, 2.45) is 0 Å². The molecular weight excluding hydrogens is 312 g/mol. The van der Waals surface area contributed by atoms with Crippen molar-refractivity contribution in [1.29, 1.82) is 0 Å². The van der Waals surface area contributed by atoms with Crippen LogP contribution in [-0.2, 0) is 6.42 Å². The maximum absolute atomic E-state index is 12.9. The highest BCUT2D eigenvalue weighted by Crippen LogP contribution is 2.28. The average molecular weight is 332 g/mol. The summed E-state index contributed by atoms with van der Waals surface area (Å²) < 4.78 is 0. The number of hydrogen-bond donors (Lipinski definition) is 1. The van der Waals surface area contributed by atoms with E-state index in [1.54, 1.807) is 0 Å². The van der Waals surface area contributed by atoms with Crippen LogP contribution in [0.3, 0.4) is 0 Å². The molecule has 2 aromatic heterocycles. The average Bonchev–Trinajstić information content (AvgIpc) is 2.61. The minimum absolute atomic E-state index is 0.0391. The van der Waals surface area contributed by atoms with Crippen LogP contribution in [0.25, 0.3) is 10.9 Å². The van der Waals surface area contributed by atoms with E-state index in [-0.39, 0.29) is 11.9 Å². The standard InChI is InChI=1S/C20H20N4O/c1-12-15(10-14-6-3-4-7-17(14)22-12)20(25)24-19-9-5-8-18-16(19)11-21-13(2)23-18/h3-4,6-7,10-11,19H,5,8-9H2,1-2H3,(H,24,25)/t19-/m0/s1. The molecule has 1 aliphatic rings. The number of hydrogen-bond acceptors (Lipinski definition) is 4. The second-order valence-corrected chi connectivity index (χ2v) is 6.55. The van der Waals surface area contributed by atoms with Gasteiger partial charge in [0.1, 0.15) is 5.82 Å². The van der Waals surface area contributed by atoms with E-state index >= 15 is 0 Å². The molecule has 0 saturated carbocycles. The van der Waals surface area contributed by atoms with Crippen LogP contribution in [0.2, 0.25) is 0 Å². The molecule has 3 aromatic rings. The van der Waals surface area contributed by atoms with E-state index < -0.39 is 0 Å². The zero-order chi connectivity index (χ0) is 17.4. The summed E-state index contributed by atoms with van der Waals surface area (Å²) in [5, 5.41) is 4.13. The molecule has 0 bridgehead atoms. The molecule has 1 aromatic carbocycles. The first kappa shape index (κ1) is 15.7. The fourth-order valence-electron chi connectivity index (χ4n) is 3.47. The lowest BCUT2D eigenvalue weighted by molar-refractivity contribution is 0.0931. The molecule has 0 unspecified atom stereocenters. The monoisotopic (exact) mass is 332 g/mol. The van der Waals surface area contributed by atoms with E-state index in [2.05, 4.69) is 20.3 Å². The largest absolute Gasteiger partial charge is 0.345 e. The quantitative estimate of drug-likeness (QED) is 0.780. The molecule has 5 heteroatoms. The van der Waals surface area contributed by atoms with Crippen molar-refractivity contribution in [3.8, 4) is 0 Å². The van der Waals surface area contributed by atoms with Gasteiger partial charge in [-0.2, -0.15) is 0 Å². The summed E-state index contributed by atoms with van der Waals surface area (Å²) in [4.78, 5) is 26.3. The van der Waals surface area contributed by atoms with Gasteiger partial charge in [-0.3, -0.25) is 9.78 Å². The van der Waals surface area contributed by atoms with E-state index in [0.717, 1.165) is 52.9 Å². The molecule has 1 atom stereocenters. The molecule has 1 amide bonds. The summed E-state index contributed by atoms with van der Waals surface area (Å²) in [6.07, 6.45) is 4.73. The molecule has 0 fully saturated rings. The number of pyridine rings is 1. The highest BCUT2D eigenvalue weighted by molar-refractivity contribution is 5.98. The highest BCUT2D eigenvalue weighted by atomic mass is 16.1. The van der Waals surface area contributed by atoms with Gasteiger partial charge in [0.25, 0.3) is 5.91 Å². The first-order chi connectivity index (χ1) is 12.1. The Bertz CT molecular complexity index is 967. The molecule has 4 rings (SSSR count). The maximum atomic E-state index is 12.9. The van der Waals surface area contributed by atoms with E-state index in [1.165, 1.54) is 0 Å². The van der Waals surface area contributed by atoms with Gasteiger partial charge in [-0.15, -0.1) is 0 Å². The Kier molecular flexibility index (Phi) is 3.92. The van der Waals surface area contributed by atoms with Crippen LogP contribution in [-0.4, -0.2) is 20.9 Å². The Morgan fingerprint density at radius 1 is 1.20 bits per heavy atom. The summed E-state index contributed by atoms with van der Waals surface area (Å²) in [7, 11) is 0. The predicted molar refractivity (Wildman–Crippen MR) is 96.4 cm³/mol. The predicted octanol–water partition coefficient (Wildman–Crippen LogP) is 3.45. The van der Waals surface area contributed by atoms with Crippen molar-refractivity contribution >= 4 is 16.8 Å². The lowest BCUT2D eigenvalue weighted by atomic mass is 9.92. The number of amides is 1. The number of aryl methyl sites for hydroxylation is 3. The molecular formula is C20H20N4O. The van der Waals surface area contributed by atoms with Gasteiger partial charge in [0, 0.05) is 22.8 Å². The molecule has 126 valence electrons. The number of nitrogens with zero attached hydrogens (tertiary/aromatic N) is 3. The van der Waals surface area contributed by atoms with Crippen LogP contribution >= 0.6 is 0 Å². The summed E-state index contributed by atoms with van der Waals surface area (Å²) in [6, 6.07) is 9.73. The van der Waals surface area contributed by atoms with Crippen LogP contribution in [0.1, 0.15) is 52.0 Å². The smallest absolute Gasteiger partial charge is 0.253 e. The van der Waals surface area contributed by atoms with Crippen LogP contribution in [0.5, 0.6) is 0 Å². The van der Waals surface area contributed by atoms with E-state index in [9.17, 15) is 4.79 Å². The molecule has 0 radical (unpaired) electrons. The molecule has 25 heavy (non-hydrogen) atoms. The fraction of sp³-hybridized carbons (Fsp3) is 0.300. The van der Waals surface area contributed by atoms with Crippen molar-refractivity contribution in [3.05, 3.63) is 64.9 Å². The van der Waals surface area contributed by atoms with Crippen molar-refractivity contribution in [3.63, 3.8) is 0 Å². The number of para-hydroxylation sites is 1. The van der Waals surface area contributed by atoms with Crippen LogP contribution < -0.4 is 5.32 Å². The normalized spacial score (nSPS) is 16.5. The third kappa shape index (κ3) is 2.97. The van der Waals surface area contributed by atoms with Crippen molar-refractivity contribution in [1.82, 2.24) is 20.3 Å². The Balaban J connectivity index is 1.64. The molecule has 5 nitrogen and oxygen atoms in total. The van der Waals surface area contributed by atoms with Crippen molar-refractivity contribution < 1.29 is 4.79 Å². The van der Waals surface area contributed by atoms with Crippen LogP contribution in [0.4, 0.5) is 0 Å². The van der Waals surface area contributed by atoms with Gasteiger partial charge in [-0.25, -0.2) is 9.97 Å². The number of fused-ring (bicyclic) bond motifs is 2. The minimum atomic E-state index is -0.0887. The highest BCUT2D eigenvalue weighted by Gasteiger charge is 2.24. The summed E-state index contributed by atoms with van der Waals surface area (Å²) in [5.41, 5.74) is 4.36. The number of carbonyl (C=O) groups is 1. The lowest BCUT2D eigenvalue weighted by Gasteiger charge is -2.25. The number of carbonyl (C=O) groups excluding carboxylic acids is 1. The van der Waals surface area contributed by atoms with E-state index in [0.29, 0.717) is 5.56 Å². The van der Waals surface area contributed by atoms with Crippen molar-refractivity contribution in [2.75, 3.05) is 0 Å². The fourth-order valence-corrected chi connectivity index (χ4v) is 3.47. The van der Waals surface area contributed by atoms with E-state index in [4.69, 9.17) is 0 Å². The molecule has 0 saturated heterocycles. The minimum Gasteiger partial charge on any atom is -0.345 e. The first-order valence-corrected chi connectivity index (χ1v) is 8.61. The second kappa shape index (κ2) is 6.24. The topological polar surface area (TPSA) is 67.8 Å². The number of benzene rings is 1.